The lowest BCUT2D eigenvalue weighted by Gasteiger charge is -2.08. The van der Waals surface area contributed by atoms with Crippen LogP contribution in [-0.2, 0) is 0 Å². The average molecular weight is 341 g/mol. The number of ether oxygens (including phenoxy) is 1. The molecule has 3 nitrogen and oxygen atoms in total. The molecule has 0 N–H and O–H groups in total. The summed E-state index contributed by atoms with van der Waals surface area (Å²) in [5, 5.41) is 9.73. The molecule has 0 spiro atoms. The van der Waals surface area contributed by atoms with E-state index in [-0.39, 0.29) is 22.4 Å². The second-order valence-electron chi connectivity index (χ2n) is 4.09. The summed E-state index contributed by atoms with van der Waals surface area (Å²) in [4.78, 5) is 12.0. The van der Waals surface area contributed by atoms with E-state index in [0.717, 1.165) is 0 Å². The molecule has 0 radical (unpaired) electrons. The van der Waals surface area contributed by atoms with Gasteiger partial charge in [-0.3, -0.25) is 4.79 Å². The van der Waals surface area contributed by atoms with Crippen molar-refractivity contribution in [1.82, 2.24) is 0 Å². The Hall–Kier alpha value is -1.73. The molecule has 0 saturated carbocycles. The van der Waals surface area contributed by atoms with Crippen molar-refractivity contribution in [1.29, 1.82) is 5.26 Å². The van der Waals surface area contributed by atoms with Crippen LogP contribution in [0.5, 0.6) is 5.75 Å². The van der Waals surface area contributed by atoms with Crippen molar-refractivity contribution >= 4 is 40.6 Å². The molecule has 21 heavy (non-hydrogen) atoms. The first-order valence-electron chi connectivity index (χ1n) is 5.82. The summed E-state index contributed by atoms with van der Waals surface area (Å²) >= 11 is 17.7. The van der Waals surface area contributed by atoms with Crippen molar-refractivity contribution in [2.45, 2.75) is 0 Å². The molecule has 0 bridgehead atoms. The molecule has 2 aromatic carbocycles. The zero-order valence-electron chi connectivity index (χ0n) is 10.6. The Bertz CT molecular complexity index is 738. The molecule has 0 fully saturated rings. The highest BCUT2D eigenvalue weighted by atomic mass is 35.5. The van der Waals surface area contributed by atoms with Gasteiger partial charge in [0.05, 0.1) is 21.7 Å². The molecule has 0 aliphatic heterocycles. The molecule has 0 unspecified atom stereocenters. The van der Waals surface area contributed by atoms with E-state index >= 15 is 0 Å². The minimum atomic E-state index is -0.294. The van der Waals surface area contributed by atoms with Gasteiger partial charge in [-0.15, -0.1) is 0 Å². The number of ketones is 1. The van der Waals surface area contributed by atoms with Crippen molar-refractivity contribution in [2.24, 2.45) is 0 Å². The summed E-state index contributed by atoms with van der Waals surface area (Å²) in [6.45, 7) is -0.215. The number of nitriles is 1. The third-order valence-electron chi connectivity index (χ3n) is 2.65. The Morgan fingerprint density at radius 3 is 2.48 bits per heavy atom. The number of halogens is 3. The monoisotopic (exact) mass is 339 g/mol. The van der Waals surface area contributed by atoms with E-state index in [9.17, 15) is 4.79 Å². The normalized spacial score (nSPS) is 10.0. The Morgan fingerprint density at radius 2 is 1.86 bits per heavy atom. The summed E-state index contributed by atoms with van der Waals surface area (Å²) in [5.41, 5.74) is 0.741. The number of carbonyl (C=O) groups is 1. The molecule has 0 heterocycles. The van der Waals surface area contributed by atoms with E-state index < -0.39 is 0 Å². The first kappa shape index (κ1) is 15.7. The zero-order chi connectivity index (χ0) is 15.4. The Labute approximate surface area is 136 Å². The maximum Gasteiger partial charge on any atom is 0.201 e. The van der Waals surface area contributed by atoms with Crippen molar-refractivity contribution in [3.63, 3.8) is 0 Å². The minimum absolute atomic E-state index is 0.215. The SMILES string of the molecule is N#Cc1ccc(OCC(=O)c2ccc(Cl)cc2Cl)c(Cl)c1. The molecule has 6 heteroatoms. The van der Waals surface area contributed by atoms with Crippen LogP contribution in [0.1, 0.15) is 15.9 Å². The number of nitrogens with zero attached hydrogens (tertiary/aromatic N) is 1. The van der Waals surface area contributed by atoms with E-state index in [1.807, 2.05) is 6.07 Å². The maximum absolute atomic E-state index is 12.0. The Balaban J connectivity index is 2.09. The summed E-state index contributed by atoms with van der Waals surface area (Å²) in [6, 6.07) is 11.1. The van der Waals surface area contributed by atoms with Gasteiger partial charge in [-0.25, -0.2) is 0 Å². The predicted molar refractivity (Wildman–Crippen MR) is 82.5 cm³/mol. The highest BCUT2D eigenvalue weighted by Crippen LogP contribution is 2.26. The number of hydrogen-bond acceptors (Lipinski definition) is 3. The van der Waals surface area contributed by atoms with Crippen LogP contribution in [0, 0.1) is 11.3 Å². The summed E-state index contributed by atoms with van der Waals surface area (Å²) in [7, 11) is 0. The van der Waals surface area contributed by atoms with Crippen LogP contribution >= 0.6 is 34.8 Å². The van der Waals surface area contributed by atoms with E-state index in [0.29, 0.717) is 21.9 Å². The van der Waals surface area contributed by atoms with Gasteiger partial charge in [-0.05, 0) is 36.4 Å². The van der Waals surface area contributed by atoms with E-state index in [2.05, 4.69) is 0 Å². The molecule has 0 aliphatic rings. The van der Waals surface area contributed by atoms with Crippen molar-refractivity contribution in [3.8, 4) is 11.8 Å². The summed E-state index contributed by atoms with van der Waals surface area (Å²) in [5.74, 6) is 0.0335. The van der Waals surface area contributed by atoms with Gasteiger partial charge in [0, 0.05) is 10.6 Å². The maximum atomic E-state index is 12.0. The number of benzene rings is 2. The molecular formula is C15H8Cl3NO2. The standard InChI is InChI=1S/C15H8Cl3NO2/c16-10-2-3-11(12(17)6-10)14(20)8-21-15-4-1-9(7-19)5-13(15)18/h1-6H,8H2. The lowest BCUT2D eigenvalue weighted by molar-refractivity contribution is 0.0922. The highest BCUT2D eigenvalue weighted by Gasteiger charge is 2.12. The number of carbonyl (C=O) groups excluding carboxylic acids is 1. The van der Waals surface area contributed by atoms with Gasteiger partial charge >= 0.3 is 0 Å². The van der Waals surface area contributed by atoms with Crippen molar-refractivity contribution in [2.75, 3.05) is 6.61 Å². The van der Waals surface area contributed by atoms with E-state index in [4.69, 9.17) is 44.8 Å². The summed E-state index contributed by atoms with van der Waals surface area (Å²) < 4.78 is 5.36. The van der Waals surface area contributed by atoms with Crippen LogP contribution < -0.4 is 4.74 Å². The highest BCUT2D eigenvalue weighted by molar-refractivity contribution is 6.37. The first-order chi connectivity index (χ1) is 10.0. The third kappa shape index (κ3) is 3.89. The van der Waals surface area contributed by atoms with E-state index in [1.54, 1.807) is 12.1 Å². The molecule has 0 amide bonds. The van der Waals surface area contributed by atoms with Gasteiger partial charge in [0.2, 0.25) is 5.78 Å². The lowest BCUT2D eigenvalue weighted by Crippen LogP contribution is -2.12. The smallest absolute Gasteiger partial charge is 0.201 e. The van der Waals surface area contributed by atoms with Gasteiger partial charge < -0.3 is 4.74 Å². The fraction of sp³-hybridized carbons (Fsp3) is 0.0667. The topological polar surface area (TPSA) is 50.1 Å². The molecular weight excluding hydrogens is 333 g/mol. The zero-order valence-corrected chi connectivity index (χ0v) is 12.8. The molecule has 0 saturated heterocycles. The van der Waals surface area contributed by atoms with Crippen LogP contribution in [0.2, 0.25) is 15.1 Å². The van der Waals surface area contributed by atoms with Crippen LogP contribution in [0.25, 0.3) is 0 Å². The van der Waals surface area contributed by atoms with Crippen molar-refractivity contribution < 1.29 is 9.53 Å². The molecule has 106 valence electrons. The van der Waals surface area contributed by atoms with Gasteiger partial charge in [0.15, 0.2) is 6.61 Å². The van der Waals surface area contributed by atoms with Crippen LogP contribution in [0.4, 0.5) is 0 Å². The largest absolute Gasteiger partial charge is 0.484 e. The lowest BCUT2D eigenvalue weighted by atomic mass is 10.1. The number of rotatable bonds is 4. The second kappa shape index (κ2) is 6.82. The Morgan fingerprint density at radius 1 is 1.10 bits per heavy atom. The van der Waals surface area contributed by atoms with Gasteiger partial charge in [-0.2, -0.15) is 5.26 Å². The van der Waals surface area contributed by atoms with Gasteiger partial charge in [0.1, 0.15) is 5.75 Å². The van der Waals surface area contributed by atoms with Crippen LogP contribution in [0.3, 0.4) is 0 Å². The number of hydrogen-bond donors (Lipinski definition) is 0. The first-order valence-corrected chi connectivity index (χ1v) is 6.95. The van der Waals surface area contributed by atoms with Gasteiger partial charge in [0.25, 0.3) is 0 Å². The minimum Gasteiger partial charge on any atom is -0.484 e. The quantitative estimate of drug-likeness (QED) is 0.753. The summed E-state index contributed by atoms with van der Waals surface area (Å²) in [6.07, 6.45) is 0. The van der Waals surface area contributed by atoms with Gasteiger partial charge in [-0.1, -0.05) is 34.8 Å². The second-order valence-corrected chi connectivity index (χ2v) is 5.34. The predicted octanol–water partition coefficient (Wildman–Crippen LogP) is 4.78. The third-order valence-corrected chi connectivity index (χ3v) is 3.49. The Kier molecular flexibility index (Phi) is 5.08. The molecule has 0 aromatic heterocycles. The fourth-order valence-electron chi connectivity index (χ4n) is 1.62. The van der Waals surface area contributed by atoms with E-state index in [1.165, 1.54) is 24.3 Å². The fourth-order valence-corrected chi connectivity index (χ4v) is 2.37. The molecule has 2 aromatic rings. The average Bonchev–Trinajstić information content (AvgIpc) is 2.45. The number of Topliss-reactive ketones (excluding diaryl/α,β-unsaturated/α-hetero) is 1. The van der Waals surface area contributed by atoms with Crippen LogP contribution in [-0.4, -0.2) is 12.4 Å². The molecule has 0 aliphatic carbocycles. The molecule has 0 atom stereocenters. The van der Waals surface area contributed by atoms with Crippen LogP contribution in [0.15, 0.2) is 36.4 Å². The van der Waals surface area contributed by atoms with Crippen molar-refractivity contribution in [3.05, 3.63) is 62.6 Å². The molecule has 2 rings (SSSR count).